The van der Waals surface area contributed by atoms with Crippen molar-refractivity contribution in [2.45, 2.75) is 77.5 Å². The minimum Gasteiger partial charge on any atom is -0.550 e. The van der Waals surface area contributed by atoms with Gasteiger partial charge >= 0.3 is 6.09 Å². The molecule has 1 rings (SSSR count). The van der Waals surface area contributed by atoms with E-state index in [1.165, 1.54) is 10.5 Å². The highest BCUT2D eigenvalue weighted by Crippen LogP contribution is 2.40. The second-order valence-corrected chi connectivity index (χ2v) is 6.77. The van der Waals surface area contributed by atoms with Gasteiger partial charge in [0.25, 0.3) is 0 Å². The van der Waals surface area contributed by atoms with Gasteiger partial charge in [-0.3, -0.25) is 4.90 Å². The van der Waals surface area contributed by atoms with Crippen LogP contribution in [0.25, 0.3) is 0 Å². The molecule has 0 aromatic heterocycles. The predicted molar refractivity (Wildman–Crippen MR) is 84.4 cm³/mol. The van der Waals surface area contributed by atoms with E-state index in [1.54, 1.807) is 13.8 Å². The lowest BCUT2D eigenvalue weighted by molar-refractivity contribution is -0.305. The summed E-state index contributed by atoms with van der Waals surface area (Å²) in [5.41, 5.74) is -1.16. The molecule has 0 radical (unpaired) electrons. The van der Waals surface area contributed by atoms with Crippen LogP contribution in [0, 0.1) is 0 Å². The van der Waals surface area contributed by atoms with Crippen molar-refractivity contribution in [3.05, 3.63) is 11.6 Å². The molecule has 0 aromatic carbocycles. The van der Waals surface area contributed by atoms with Crippen LogP contribution in [0.1, 0.15) is 66.2 Å². The summed E-state index contributed by atoms with van der Waals surface area (Å²) >= 11 is 0. The molecule has 1 saturated heterocycles. The Kier molecular flexibility index (Phi) is 6.62. The maximum atomic E-state index is 12.1. The highest BCUT2D eigenvalue weighted by molar-refractivity contribution is 5.72. The van der Waals surface area contributed by atoms with Gasteiger partial charge in [-0.1, -0.05) is 18.1 Å². The van der Waals surface area contributed by atoms with E-state index >= 15 is 0 Å². The molecular weight excluding hydrogens is 298 g/mol. The summed E-state index contributed by atoms with van der Waals surface area (Å²) in [6.07, 6.45) is 4.59. The average molecular weight is 326 g/mol. The normalized spacial score (nSPS) is 27.0. The first kappa shape index (κ1) is 19.5. The van der Waals surface area contributed by atoms with E-state index < -0.39 is 23.4 Å². The van der Waals surface area contributed by atoms with E-state index in [9.17, 15) is 19.8 Å². The number of amides is 1. The number of carbonyl (C=O) groups is 2. The van der Waals surface area contributed by atoms with Crippen molar-refractivity contribution in [2.75, 3.05) is 6.54 Å². The quantitative estimate of drug-likeness (QED) is 0.517. The van der Waals surface area contributed by atoms with E-state index in [2.05, 4.69) is 6.08 Å². The van der Waals surface area contributed by atoms with Crippen molar-refractivity contribution in [2.24, 2.45) is 0 Å². The number of nitrogens with zero attached hydrogens (tertiary/aromatic N) is 1. The third-order valence-electron chi connectivity index (χ3n) is 4.50. The van der Waals surface area contributed by atoms with Gasteiger partial charge in [0.05, 0.1) is 0 Å². The highest BCUT2D eigenvalue weighted by Gasteiger charge is 2.58. The maximum Gasteiger partial charge on any atom is 0.412 e. The standard InChI is InChI=1S/C17H29NO5/c1-13(2)9-8-11-16(3)17(4,22)18(15(21)23-16)12-7-5-6-10-14(19)20/h9,22H,5-8,10-12H2,1-4H3,(H,19,20)/p-1/t16-,17+/m0/s1. The monoisotopic (exact) mass is 326 g/mol. The van der Waals surface area contributed by atoms with E-state index in [0.717, 1.165) is 6.42 Å². The van der Waals surface area contributed by atoms with Crippen molar-refractivity contribution in [3.8, 4) is 0 Å². The lowest BCUT2D eigenvalue weighted by atomic mass is 9.88. The Morgan fingerprint density at radius 1 is 1.30 bits per heavy atom. The molecule has 1 heterocycles. The number of carbonyl (C=O) groups excluding carboxylic acids is 2. The topological polar surface area (TPSA) is 89.9 Å². The molecular formula is C17H28NO5-. The first-order valence-corrected chi connectivity index (χ1v) is 8.16. The molecule has 0 spiro atoms. The zero-order chi connectivity index (χ0) is 17.7. The van der Waals surface area contributed by atoms with Gasteiger partial charge in [0.2, 0.25) is 0 Å². The fourth-order valence-electron chi connectivity index (χ4n) is 2.76. The molecule has 1 aliphatic heterocycles. The summed E-state index contributed by atoms with van der Waals surface area (Å²) in [6, 6.07) is 0. The van der Waals surface area contributed by atoms with Crippen molar-refractivity contribution >= 4 is 12.1 Å². The van der Waals surface area contributed by atoms with Crippen LogP contribution in [-0.2, 0) is 9.53 Å². The molecule has 6 nitrogen and oxygen atoms in total. The predicted octanol–water partition coefficient (Wildman–Crippen LogP) is 1.96. The fourth-order valence-corrected chi connectivity index (χ4v) is 2.76. The highest BCUT2D eigenvalue weighted by atomic mass is 16.6. The third-order valence-corrected chi connectivity index (χ3v) is 4.50. The number of carboxylic acids is 1. The average Bonchev–Trinajstić information content (AvgIpc) is 2.56. The van der Waals surface area contributed by atoms with E-state index in [-0.39, 0.29) is 6.42 Å². The van der Waals surface area contributed by atoms with Crippen molar-refractivity contribution in [1.29, 1.82) is 0 Å². The summed E-state index contributed by atoms with van der Waals surface area (Å²) in [6.45, 7) is 7.69. The summed E-state index contributed by atoms with van der Waals surface area (Å²) in [5.74, 6) is -1.07. The van der Waals surface area contributed by atoms with E-state index in [0.29, 0.717) is 32.2 Å². The SMILES string of the molecule is CC(C)=CCC[C@]1(C)OC(=O)N(CCCCCC(=O)[O-])[C@]1(C)O. The Morgan fingerprint density at radius 2 is 1.96 bits per heavy atom. The van der Waals surface area contributed by atoms with Gasteiger partial charge < -0.3 is 19.7 Å². The van der Waals surface area contributed by atoms with Crippen LogP contribution in [0.5, 0.6) is 0 Å². The van der Waals surface area contributed by atoms with Gasteiger partial charge in [-0.25, -0.2) is 4.79 Å². The number of unbranched alkanes of at least 4 members (excludes halogenated alkanes) is 2. The number of ether oxygens (including phenoxy) is 1. The van der Waals surface area contributed by atoms with Crippen LogP contribution in [0.4, 0.5) is 4.79 Å². The Bertz CT molecular complexity index is 468. The Morgan fingerprint density at radius 3 is 2.52 bits per heavy atom. The summed E-state index contributed by atoms with van der Waals surface area (Å²) < 4.78 is 5.46. The minimum atomic E-state index is -1.38. The second kappa shape index (κ2) is 7.81. The molecule has 1 fully saturated rings. The summed E-state index contributed by atoms with van der Waals surface area (Å²) in [7, 11) is 0. The number of hydrogen-bond acceptors (Lipinski definition) is 5. The zero-order valence-electron chi connectivity index (χ0n) is 14.6. The Balaban J connectivity index is 2.59. The minimum absolute atomic E-state index is 0.0151. The second-order valence-electron chi connectivity index (χ2n) is 6.77. The first-order chi connectivity index (χ1) is 10.6. The maximum absolute atomic E-state index is 12.1. The molecule has 0 saturated carbocycles. The number of allylic oxidation sites excluding steroid dienone is 2. The van der Waals surface area contributed by atoms with Crippen molar-refractivity contribution in [3.63, 3.8) is 0 Å². The van der Waals surface area contributed by atoms with E-state index in [4.69, 9.17) is 4.74 Å². The molecule has 0 unspecified atom stereocenters. The largest absolute Gasteiger partial charge is 0.550 e. The first-order valence-electron chi connectivity index (χ1n) is 8.16. The van der Waals surface area contributed by atoms with Crippen molar-refractivity contribution in [1.82, 2.24) is 4.90 Å². The lowest BCUT2D eigenvalue weighted by Gasteiger charge is -2.37. The van der Waals surface area contributed by atoms with Gasteiger partial charge in [0.15, 0.2) is 11.3 Å². The molecule has 1 N–H and O–H groups in total. The Labute approximate surface area is 138 Å². The summed E-state index contributed by atoms with van der Waals surface area (Å²) in [5, 5.41) is 21.2. The van der Waals surface area contributed by atoms with E-state index in [1.807, 2.05) is 13.8 Å². The number of rotatable bonds is 9. The molecule has 0 aliphatic carbocycles. The van der Waals surface area contributed by atoms with Gasteiger partial charge in [0, 0.05) is 12.5 Å². The van der Waals surface area contributed by atoms with Crippen LogP contribution >= 0.6 is 0 Å². The summed E-state index contributed by atoms with van der Waals surface area (Å²) in [4.78, 5) is 23.8. The van der Waals surface area contributed by atoms with Crippen LogP contribution in [-0.4, -0.2) is 39.9 Å². The molecule has 1 amide bonds. The number of aliphatic hydroxyl groups is 1. The molecule has 0 aromatic rings. The van der Waals surface area contributed by atoms with Crippen LogP contribution in [0.15, 0.2) is 11.6 Å². The van der Waals surface area contributed by atoms with Crippen LogP contribution < -0.4 is 5.11 Å². The molecule has 2 atom stereocenters. The third kappa shape index (κ3) is 4.96. The molecule has 23 heavy (non-hydrogen) atoms. The van der Waals surface area contributed by atoms with Crippen LogP contribution in [0.3, 0.4) is 0 Å². The van der Waals surface area contributed by atoms with Gasteiger partial charge in [-0.2, -0.15) is 0 Å². The van der Waals surface area contributed by atoms with Gasteiger partial charge in [0.1, 0.15) is 0 Å². The Hall–Kier alpha value is -1.56. The fraction of sp³-hybridized carbons (Fsp3) is 0.765. The lowest BCUT2D eigenvalue weighted by Crippen LogP contribution is -2.55. The zero-order valence-corrected chi connectivity index (χ0v) is 14.6. The number of cyclic esters (lactones) is 1. The molecule has 1 aliphatic rings. The van der Waals surface area contributed by atoms with Gasteiger partial charge in [-0.15, -0.1) is 0 Å². The molecule has 0 bridgehead atoms. The number of carboxylic acid groups (broad SMARTS) is 1. The molecule has 132 valence electrons. The van der Waals surface area contributed by atoms with Gasteiger partial charge in [-0.05, 0) is 59.8 Å². The van der Waals surface area contributed by atoms with Crippen molar-refractivity contribution < 1.29 is 24.5 Å². The van der Waals surface area contributed by atoms with Crippen LogP contribution in [0.2, 0.25) is 0 Å². The number of aliphatic carboxylic acids is 1. The molecule has 6 heteroatoms. The smallest absolute Gasteiger partial charge is 0.412 e. The number of hydrogen-bond donors (Lipinski definition) is 1.